The number of hydrogen-bond donors (Lipinski definition) is 1. The number of anilines is 1. The molecule has 0 saturated carbocycles. The molecule has 0 bridgehead atoms. The molecule has 1 aliphatic rings. The standard InChI is InChI=1S/C11H13NO4S/c1-7-3-4-8-9(5-7)17(15,16)10(11(13)14)6-12(8)2/h3-5,10H,6H2,1-2H3,(H,13,14). The normalized spacial score (nSPS) is 22.0. The molecule has 0 spiro atoms. The summed E-state index contributed by atoms with van der Waals surface area (Å²) in [5.41, 5.74) is 1.36. The molecule has 0 saturated heterocycles. The predicted molar refractivity (Wildman–Crippen MR) is 63.1 cm³/mol. The highest BCUT2D eigenvalue weighted by atomic mass is 32.2. The zero-order chi connectivity index (χ0) is 12.8. The van der Waals surface area contributed by atoms with E-state index in [1.165, 1.54) is 6.07 Å². The Kier molecular flexibility index (Phi) is 2.61. The average Bonchev–Trinajstić information content (AvgIpc) is 2.23. The molecule has 0 radical (unpaired) electrons. The maximum atomic E-state index is 12.1. The highest BCUT2D eigenvalue weighted by molar-refractivity contribution is 7.93. The first-order valence-electron chi connectivity index (χ1n) is 5.12. The van der Waals surface area contributed by atoms with E-state index in [-0.39, 0.29) is 11.4 Å². The molecule has 0 amide bonds. The van der Waals surface area contributed by atoms with E-state index in [4.69, 9.17) is 5.11 Å². The Labute approximate surface area is 99.6 Å². The summed E-state index contributed by atoms with van der Waals surface area (Å²) < 4.78 is 24.3. The van der Waals surface area contributed by atoms with Gasteiger partial charge in [-0.2, -0.15) is 0 Å². The quantitative estimate of drug-likeness (QED) is 0.798. The number of carboxylic acid groups (broad SMARTS) is 1. The molecule has 5 nitrogen and oxygen atoms in total. The minimum Gasteiger partial charge on any atom is -0.480 e. The Hall–Kier alpha value is -1.56. The summed E-state index contributed by atoms with van der Waals surface area (Å²) in [5, 5.41) is 7.59. The van der Waals surface area contributed by atoms with Gasteiger partial charge in [-0.1, -0.05) is 6.07 Å². The van der Waals surface area contributed by atoms with Crippen LogP contribution in [0.25, 0.3) is 0 Å². The van der Waals surface area contributed by atoms with Crippen LogP contribution in [0.5, 0.6) is 0 Å². The number of hydrogen-bond acceptors (Lipinski definition) is 4. The maximum absolute atomic E-state index is 12.1. The van der Waals surface area contributed by atoms with E-state index < -0.39 is 21.1 Å². The third-order valence-corrected chi connectivity index (χ3v) is 4.96. The second-order valence-corrected chi connectivity index (χ2v) is 6.32. The molecule has 0 fully saturated rings. The van der Waals surface area contributed by atoms with Crippen molar-refractivity contribution in [1.82, 2.24) is 0 Å². The van der Waals surface area contributed by atoms with Crippen molar-refractivity contribution in [2.24, 2.45) is 0 Å². The van der Waals surface area contributed by atoms with Crippen LogP contribution in [0.4, 0.5) is 5.69 Å². The van der Waals surface area contributed by atoms with Crippen molar-refractivity contribution >= 4 is 21.5 Å². The van der Waals surface area contributed by atoms with Gasteiger partial charge in [0.05, 0.1) is 10.6 Å². The molecule has 6 heteroatoms. The first-order chi connectivity index (χ1) is 7.84. The molecule has 1 heterocycles. The summed E-state index contributed by atoms with van der Waals surface area (Å²) in [5.74, 6) is -1.30. The largest absolute Gasteiger partial charge is 0.480 e. The maximum Gasteiger partial charge on any atom is 0.324 e. The lowest BCUT2D eigenvalue weighted by molar-refractivity contribution is -0.136. The van der Waals surface area contributed by atoms with Crippen LogP contribution < -0.4 is 4.90 Å². The minimum atomic E-state index is -3.78. The number of benzene rings is 1. The molecule has 1 unspecified atom stereocenters. The van der Waals surface area contributed by atoms with Gasteiger partial charge < -0.3 is 10.0 Å². The lowest BCUT2D eigenvalue weighted by Gasteiger charge is -2.31. The SMILES string of the molecule is Cc1ccc2c(c1)S(=O)(=O)C(C(=O)O)CN2C. The summed E-state index contributed by atoms with van der Waals surface area (Å²) in [7, 11) is -2.09. The topological polar surface area (TPSA) is 74.7 Å². The van der Waals surface area contributed by atoms with E-state index >= 15 is 0 Å². The fourth-order valence-corrected chi connectivity index (χ4v) is 3.83. The van der Waals surface area contributed by atoms with Crippen molar-refractivity contribution in [2.45, 2.75) is 17.1 Å². The van der Waals surface area contributed by atoms with Gasteiger partial charge in [0, 0.05) is 13.6 Å². The molecule has 1 aromatic rings. The molecule has 2 rings (SSSR count). The number of rotatable bonds is 1. The van der Waals surface area contributed by atoms with Gasteiger partial charge in [0.1, 0.15) is 0 Å². The third kappa shape index (κ3) is 1.78. The minimum absolute atomic E-state index is 0.0201. The van der Waals surface area contributed by atoms with Crippen LogP contribution in [-0.2, 0) is 14.6 Å². The van der Waals surface area contributed by atoms with E-state index in [9.17, 15) is 13.2 Å². The first kappa shape index (κ1) is 11.9. The zero-order valence-electron chi connectivity index (χ0n) is 9.54. The average molecular weight is 255 g/mol. The summed E-state index contributed by atoms with van der Waals surface area (Å²) in [6.45, 7) is 1.76. The van der Waals surface area contributed by atoms with E-state index in [0.717, 1.165) is 5.56 Å². The fourth-order valence-electron chi connectivity index (χ4n) is 1.97. The van der Waals surface area contributed by atoms with E-state index in [1.54, 1.807) is 24.9 Å². The Morgan fingerprint density at radius 3 is 2.71 bits per heavy atom. The highest BCUT2D eigenvalue weighted by Crippen LogP contribution is 2.33. The van der Waals surface area contributed by atoms with Crippen LogP contribution in [-0.4, -0.2) is 38.3 Å². The van der Waals surface area contributed by atoms with Crippen LogP contribution in [0.2, 0.25) is 0 Å². The summed E-state index contributed by atoms with van der Waals surface area (Å²) >= 11 is 0. The summed E-state index contributed by atoms with van der Waals surface area (Å²) in [6, 6.07) is 5.04. The van der Waals surface area contributed by atoms with Gasteiger partial charge in [-0.05, 0) is 24.6 Å². The van der Waals surface area contributed by atoms with Crippen molar-refractivity contribution in [2.75, 3.05) is 18.5 Å². The molecule has 1 aromatic carbocycles. The molecule has 17 heavy (non-hydrogen) atoms. The van der Waals surface area contributed by atoms with Crippen LogP contribution >= 0.6 is 0 Å². The monoisotopic (exact) mass is 255 g/mol. The van der Waals surface area contributed by atoms with Gasteiger partial charge in [-0.15, -0.1) is 0 Å². The number of carboxylic acids is 1. The Bertz CT molecular complexity index is 579. The van der Waals surface area contributed by atoms with E-state index in [0.29, 0.717) is 5.69 Å². The van der Waals surface area contributed by atoms with Crippen LogP contribution in [0.1, 0.15) is 5.56 Å². The number of carbonyl (C=O) groups is 1. The fraction of sp³-hybridized carbons (Fsp3) is 0.364. The van der Waals surface area contributed by atoms with E-state index in [2.05, 4.69) is 0 Å². The number of aliphatic carboxylic acids is 1. The Morgan fingerprint density at radius 1 is 1.47 bits per heavy atom. The molecule has 1 aliphatic heterocycles. The Balaban J connectivity index is 2.69. The smallest absolute Gasteiger partial charge is 0.324 e. The third-order valence-electron chi connectivity index (χ3n) is 2.92. The number of aryl methyl sites for hydroxylation is 1. The second-order valence-electron chi connectivity index (χ2n) is 4.22. The molecular formula is C11H13NO4S. The van der Waals surface area contributed by atoms with Gasteiger partial charge in [-0.3, -0.25) is 4.79 Å². The van der Waals surface area contributed by atoms with Crippen molar-refractivity contribution < 1.29 is 18.3 Å². The predicted octanol–water partition coefficient (Wildman–Crippen LogP) is 0.672. The van der Waals surface area contributed by atoms with Crippen LogP contribution in [0, 0.1) is 6.92 Å². The zero-order valence-corrected chi connectivity index (χ0v) is 10.4. The molecule has 1 N–H and O–H groups in total. The summed E-state index contributed by atoms with van der Waals surface area (Å²) in [4.78, 5) is 12.8. The van der Waals surface area contributed by atoms with Crippen molar-refractivity contribution in [3.8, 4) is 0 Å². The lowest BCUT2D eigenvalue weighted by Crippen LogP contribution is -2.45. The van der Waals surface area contributed by atoms with Crippen LogP contribution in [0.15, 0.2) is 23.1 Å². The molecule has 1 atom stereocenters. The van der Waals surface area contributed by atoms with Gasteiger partial charge in [0.25, 0.3) is 0 Å². The van der Waals surface area contributed by atoms with Crippen LogP contribution in [0.3, 0.4) is 0 Å². The van der Waals surface area contributed by atoms with Crippen molar-refractivity contribution in [3.63, 3.8) is 0 Å². The number of nitrogens with zero attached hydrogens (tertiary/aromatic N) is 1. The molecule has 92 valence electrons. The first-order valence-corrected chi connectivity index (χ1v) is 6.67. The molecule has 0 aliphatic carbocycles. The van der Waals surface area contributed by atoms with Gasteiger partial charge in [0.2, 0.25) is 0 Å². The van der Waals surface area contributed by atoms with Crippen molar-refractivity contribution in [3.05, 3.63) is 23.8 Å². The van der Waals surface area contributed by atoms with E-state index in [1.807, 2.05) is 6.07 Å². The highest BCUT2D eigenvalue weighted by Gasteiger charge is 2.41. The number of sulfone groups is 1. The molecule has 0 aromatic heterocycles. The van der Waals surface area contributed by atoms with Gasteiger partial charge in [-0.25, -0.2) is 8.42 Å². The lowest BCUT2D eigenvalue weighted by atomic mass is 10.2. The summed E-state index contributed by atoms with van der Waals surface area (Å²) in [6.07, 6.45) is 0. The van der Waals surface area contributed by atoms with Gasteiger partial charge >= 0.3 is 5.97 Å². The van der Waals surface area contributed by atoms with Gasteiger partial charge in [0.15, 0.2) is 15.1 Å². The number of fused-ring (bicyclic) bond motifs is 1. The Morgan fingerprint density at radius 2 is 2.12 bits per heavy atom. The molecular weight excluding hydrogens is 242 g/mol. The van der Waals surface area contributed by atoms with Crippen molar-refractivity contribution in [1.29, 1.82) is 0 Å². The second kappa shape index (κ2) is 3.73.